The zero-order chi connectivity index (χ0) is 19.8. The zero-order valence-electron chi connectivity index (χ0n) is 15.8. The Morgan fingerprint density at radius 2 is 2.11 bits per heavy atom. The lowest BCUT2D eigenvalue weighted by atomic mass is 9.90. The third kappa shape index (κ3) is 3.65. The number of carbonyl (C=O) groups is 2. The average molecular weight is 385 g/mol. The number of nitriles is 1. The lowest BCUT2D eigenvalue weighted by Crippen LogP contribution is -2.51. The summed E-state index contributed by atoms with van der Waals surface area (Å²) < 4.78 is 1.95. The molecule has 142 valence electrons. The molecule has 1 aromatic carbocycles. The van der Waals surface area contributed by atoms with Crippen molar-refractivity contribution >= 4 is 40.6 Å². The van der Waals surface area contributed by atoms with Crippen LogP contribution in [0.25, 0.3) is 11.0 Å². The van der Waals surface area contributed by atoms with E-state index in [9.17, 15) is 14.9 Å². The summed E-state index contributed by atoms with van der Waals surface area (Å²) in [5.74, 6) is -1.70. The lowest BCUT2D eigenvalue weighted by molar-refractivity contribution is -0.135. The molecule has 0 saturated carbocycles. The van der Waals surface area contributed by atoms with E-state index in [0.29, 0.717) is 5.95 Å². The van der Waals surface area contributed by atoms with Crippen LogP contribution in [0.15, 0.2) is 24.3 Å². The number of piperidine rings is 1. The number of para-hydroxylation sites is 2. The number of benzene rings is 1. The second-order valence-electron chi connectivity index (χ2n) is 7.61. The molecule has 0 spiro atoms. The summed E-state index contributed by atoms with van der Waals surface area (Å²) >= 11 is 1.41. The maximum Gasteiger partial charge on any atom is 0.239 e. The molecule has 1 aliphatic rings. The summed E-state index contributed by atoms with van der Waals surface area (Å²) in [5, 5.41) is 14.7. The molecule has 1 aromatic heterocycles. The molecule has 2 N–H and O–H groups in total. The minimum Gasteiger partial charge on any atom is -0.342 e. The van der Waals surface area contributed by atoms with Crippen LogP contribution in [0.5, 0.6) is 0 Å². The molecule has 1 saturated heterocycles. The van der Waals surface area contributed by atoms with Crippen molar-refractivity contribution in [1.82, 2.24) is 14.9 Å². The number of nitrogens with one attached hydrogen (secondary N) is 2. The van der Waals surface area contributed by atoms with E-state index in [1.165, 1.54) is 11.8 Å². The summed E-state index contributed by atoms with van der Waals surface area (Å²) in [5.41, 5.74) is 1.37. The lowest BCUT2D eigenvalue weighted by Gasteiger charge is -2.31. The summed E-state index contributed by atoms with van der Waals surface area (Å²) in [6.07, 6.45) is 2.04. The molecule has 8 heteroatoms. The van der Waals surface area contributed by atoms with Gasteiger partial charge < -0.3 is 9.88 Å². The highest BCUT2D eigenvalue weighted by Gasteiger charge is 2.40. The van der Waals surface area contributed by atoms with Crippen molar-refractivity contribution in [2.24, 2.45) is 11.8 Å². The molecule has 2 heterocycles. The molecule has 0 radical (unpaired) electrons. The number of thioether (sulfide) groups is 1. The van der Waals surface area contributed by atoms with E-state index in [-0.39, 0.29) is 23.2 Å². The molecule has 27 heavy (non-hydrogen) atoms. The fourth-order valence-electron chi connectivity index (χ4n) is 3.38. The van der Waals surface area contributed by atoms with E-state index in [1.54, 1.807) is 0 Å². The molecule has 3 atom stereocenters. The number of nitrogens with zero attached hydrogens (tertiary/aromatic N) is 3. The largest absolute Gasteiger partial charge is 0.342 e. The van der Waals surface area contributed by atoms with E-state index in [4.69, 9.17) is 0 Å². The fourth-order valence-corrected chi connectivity index (χ4v) is 4.12. The third-order valence-electron chi connectivity index (χ3n) is 4.66. The van der Waals surface area contributed by atoms with Crippen LogP contribution < -0.4 is 10.6 Å². The van der Waals surface area contributed by atoms with E-state index in [1.807, 2.05) is 55.9 Å². The molecule has 2 aromatic rings. The number of anilines is 1. The van der Waals surface area contributed by atoms with Crippen LogP contribution in [0.3, 0.4) is 0 Å². The number of carbonyl (C=O) groups excluding carboxylic acids is 2. The van der Waals surface area contributed by atoms with Gasteiger partial charge >= 0.3 is 0 Å². The minimum absolute atomic E-state index is 0.204. The summed E-state index contributed by atoms with van der Waals surface area (Å²) in [4.78, 5) is 29.8. The molecule has 3 unspecified atom stereocenters. The number of imidazole rings is 1. The van der Waals surface area contributed by atoms with Gasteiger partial charge in [0, 0.05) is 5.54 Å². The average Bonchev–Trinajstić information content (AvgIpc) is 2.99. The quantitative estimate of drug-likeness (QED) is 0.792. The van der Waals surface area contributed by atoms with E-state index in [2.05, 4.69) is 21.7 Å². The minimum atomic E-state index is -0.911. The van der Waals surface area contributed by atoms with Crippen molar-refractivity contribution < 1.29 is 9.59 Å². The standard InChI is InChI=1S/C19H23N5O2S/c1-19(2,3)24-14-8-6-5-7-13(14)21-18(24)23-16(26)12-9-11(10-20)17(27-4)22-15(12)25/h5-8,11-12,17H,9H2,1-4H3,(H,22,25)(H,21,23,26). The van der Waals surface area contributed by atoms with Gasteiger partial charge in [-0.3, -0.25) is 14.9 Å². The van der Waals surface area contributed by atoms with Crippen molar-refractivity contribution in [1.29, 1.82) is 5.26 Å². The summed E-state index contributed by atoms with van der Waals surface area (Å²) in [7, 11) is 0. The molecular weight excluding hydrogens is 362 g/mol. The number of rotatable bonds is 3. The van der Waals surface area contributed by atoms with Crippen molar-refractivity contribution in [2.45, 2.75) is 38.1 Å². The van der Waals surface area contributed by atoms with Crippen LogP contribution in [-0.2, 0) is 15.1 Å². The maximum absolute atomic E-state index is 12.8. The van der Waals surface area contributed by atoms with E-state index < -0.39 is 17.7 Å². The predicted molar refractivity (Wildman–Crippen MR) is 106 cm³/mol. The first-order chi connectivity index (χ1) is 12.8. The first-order valence-corrected chi connectivity index (χ1v) is 10.1. The molecule has 1 fully saturated rings. The van der Waals surface area contributed by atoms with Gasteiger partial charge in [-0.25, -0.2) is 4.98 Å². The number of hydrogen-bond acceptors (Lipinski definition) is 5. The second-order valence-corrected chi connectivity index (χ2v) is 8.59. The van der Waals surface area contributed by atoms with Crippen molar-refractivity contribution in [2.75, 3.05) is 11.6 Å². The number of aromatic nitrogens is 2. The second kappa shape index (κ2) is 7.24. The van der Waals surface area contributed by atoms with Gasteiger partial charge in [0.1, 0.15) is 5.92 Å². The molecule has 2 amide bonds. The van der Waals surface area contributed by atoms with E-state index >= 15 is 0 Å². The Morgan fingerprint density at radius 3 is 2.74 bits per heavy atom. The molecule has 0 aliphatic carbocycles. The first kappa shape index (κ1) is 19.2. The number of hydrogen-bond donors (Lipinski definition) is 2. The predicted octanol–water partition coefficient (Wildman–Crippen LogP) is 2.69. The zero-order valence-corrected chi connectivity index (χ0v) is 16.6. The molecular formula is C19H23N5O2S. The normalized spacial score (nSPS) is 22.9. The molecule has 3 rings (SSSR count). The Balaban J connectivity index is 1.90. The topological polar surface area (TPSA) is 99.8 Å². The van der Waals surface area contributed by atoms with Gasteiger partial charge in [-0.05, 0) is 45.6 Å². The Bertz CT molecular complexity index is 924. The smallest absolute Gasteiger partial charge is 0.239 e. The van der Waals surface area contributed by atoms with Gasteiger partial charge in [-0.1, -0.05) is 12.1 Å². The van der Waals surface area contributed by atoms with E-state index in [0.717, 1.165) is 11.0 Å². The highest BCUT2D eigenvalue weighted by atomic mass is 32.2. The Kier molecular flexibility index (Phi) is 5.16. The summed E-state index contributed by atoms with van der Waals surface area (Å²) in [6, 6.07) is 9.84. The Labute approximate surface area is 162 Å². The monoisotopic (exact) mass is 385 g/mol. The van der Waals surface area contributed by atoms with Gasteiger partial charge in [0.05, 0.1) is 28.4 Å². The van der Waals surface area contributed by atoms with Gasteiger partial charge in [0.25, 0.3) is 0 Å². The van der Waals surface area contributed by atoms with Gasteiger partial charge in [-0.2, -0.15) is 5.26 Å². The van der Waals surface area contributed by atoms with Crippen LogP contribution in [-0.4, -0.2) is 33.0 Å². The molecule has 0 bridgehead atoms. The van der Waals surface area contributed by atoms with Gasteiger partial charge in [0.2, 0.25) is 17.8 Å². The van der Waals surface area contributed by atoms with Crippen LogP contribution in [0.4, 0.5) is 5.95 Å². The molecule has 7 nitrogen and oxygen atoms in total. The van der Waals surface area contributed by atoms with Gasteiger partial charge in [-0.15, -0.1) is 11.8 Å². The highest BCUT2D eigenvalue weighted by molar-refractivity contribution is 7.99. The van der Waals surface area contributed by atoms with Crippen molar-refractivity contribution in [3.63, 3.8) is 0 Å². The molecule has 1 aliphatic heterocycles. The SMILES string of the molecule is CSC1NC(=O)C(C(=O)Nc2nc3ccccc3n2C(C)(C)C)CC1C#N. The summed E-state index contributed by atoms with van der Waals surface area (Å²) in [6.45, 7) is 6.08. The van der Waals surface area contributed by atoms with Crippen LogP contribution in [0.1, 0.15) is 27.2 Å². The number of amides is 2. The maximum atomic E-state index is 12.8. The first-order valence-electron chi connectivity index (χ1n) is 8.78. The highest BCUT2D eigenvalue weighted by Crippen LogP contribution is 2.30. The van der Waals surface area contributed by atoms with Crippen LogP contribution in [0, 0.1) is 23.2 Å². The number of fused-ring (bicyclic) bond motifs is 1. The third-order valence-corrected chi connectivity index (χ3v) is 5.61. The van der Waals surface area contributed by atoms with Crippen LogP contribution >= 0.6 is 11.8 Å². The van der Waals surface area contributed by atoms with Crippen molar-refractivity contribution in [3.05, 3.63) is 24.3 Å². The van der Waals surface area contributed by atoms with Crippen LogP contribution in [0.2, 0.25) is 0 Å². The Morgan fingerprint density at radius 1 is 1.41 bits per heavy atom. The Hall–Kier alpha value is -2.53. The van der Waals surface area contributed by atoms with Crippen molar-refractivity contribution in [3.8, 4) is 6.07 Å². The fraction of sp³-hybridized carbons (Fsp3) is 0.474. The van der Waals surface area contributed by atoms with Gasteiger partial charge in [0.15, 0.2) is 0 Å².